The minimum Gasteiger partial charge on any atom is -0.373 e. The van der Waals surface area contributed by atoms with Gasteiger partial charge in [0, 0.05) is 24.5 Å². The minimum atomic E-state index is 0.214. The van der Waals surface area contributed by atoms with E-state index >= 15 is 0 Å². The first-order chi connectivity index (χ1) is 10.7. The Morgan fingerprint density at radius 1 is 1.13 bits per heavy atom. The van der Waals surface area contributed by atoms with Crippen LogP contribution in [0.15, 0.2) is 24.3 Å². The molecule has 4 unspecified atom stereocenters. The third-order valence-corrected chi connectivity index (χ3v) is 6.07. The predicted molar refractivity (Wildman–Crippen MR) is 102 cm³/mol. The van der Waals surface area contributed by atoms with Crippen LogP contribution in [0.5, 0.6) is 0 Å². The van der Waals surface area contributed by atoms with Gasteiger partial charge >= 0.3 is 0 Å². The van der Waals surface area contributed by atoms with Gasteiger partial charge in [-0.1, -0.05) is 67.9 Å². The van der Waals surface area contributed by atoms with E-state index in [1.54, 1.807) is 0 Å². The van der Waals surface area contributed by atoms with Crippen LogP contribution in [-0.2, 0) is 10.2 Å². The van der Waals surface area contributed by atoms with E-state index in [0.717, 1.165) is 19.6 Å². The number of hydrogen-bond donors (Lipinski definition) is 0. The summed E-state index contributed by atoms with van der Waals surface area (Å²) in [5.41, 5.74) is 2.98. The lowest BCUT2D eigenvalue weighted by atomic mass is 9.86. The maximum atomic E-state index is 5.83. The van der Waals surface area contributed by atoms with E-state index in [9.17, 15) is 0 Å². The van der Waals surface area contributed by atoms with Crippen molar-refractivity contribution in [1.29, 1.82) is 0 Å². The normalized spacial score (nSPS) is 26.0. The van der Waals surface area contributed by atoms with Gasteiger partial charge in [-0.2, -0.15) is 0 Å². The summed E-state index contributed by atoms with van der Waals surface area (Å²) in [5, 5.41) is 0. The molecule has 0 amide bonds. The van der Waals surface area contributed by atoms with E-state index in [-0.39, 0.29) is 5.41 Å². The van der Waals surface area contributed by atoms with Gasteiger partial charge in [-0.3, -0.25) is 4.90 Å². The van der Waals surface area contributed by atoms with Crippen molar-refractivity contribution < 1.29 is 4.74 Å². The zero-order chi connectivity index (χ0) is 17.2. The summed E-state index contributed by atoms with van der Waals surface area (Å²) >= 11 is 3.93. The van der Waals surface area contributed by atoms with Crippen molar-refractivity contribution in [3.63, 3.8) is 0 Å². The average molecular weight is 382 g/mol. The number of ether oxygens (including phenoxy) is 1. The molecular formula is C20H32BrNO. The fourth-order valence-corrected chi connectivity index (χ4v) is 3.90. The highest BCUT2D eigenvalue weighted by Crippen LogP contribution is 2.33. The lowest BCUT2D eigenvalue weighted by molar-refractivity contribution is -0.0709. The van der Waals surface area contributed by atoms with Crippen LogP contribution in [-0.4, -0.2) is 36.7 Å². The first-order valence-corrected chi connectivity index (χ1v) is 9.70. The molecule has 0 saturated carbocycles. The number of benzene rings is 1. The molecule has 1 fully saturated rings. The fraction of sp³-hybridized carbons (Fsp3) is 0.700. The molecule has 0 spiro atoms. The monoisotopic (exact) mass is 381 g/mol. The maximum absolute atomic E-state index is 5.83. The van der Waals surface area contributed by atoms with Crippen LogP contribution in [0.25, 0.3) is 0 Å². The molecule has 130 valence electrons. The number of alkyl halides is 1. The molecule has 0 aliphatic carbocycles. The zero-order valence-electron chi connectivity index (χ0n) is 15.5. The smallest absolute Gasteiger partial charge is 0.0678 e. The number of halogens is 1. The van der Waals surface area contributed by atoms with E-state index in [1.165, 1.54) is 11.1 Å². The Hall–Kier alpha value is -0.380. The standard InChI is InChI=1S/C20H32BrNO/c1-14(11-22-12-15(2)23-16(3)13-22)19(21)17-7-9-18(10-8-17)20(4,5)6/h7-10,14-16,19H,11-13H2,1-6H3. The second kappa shape index (κ2) is 7.67. The van der Waals surface area contributed by atoms with Crippen molar-refractivity contribution in [3.8, 4) is 0 Å². The van der Waals surface area contributed by atoms with E-state index in [1.807, 2.05) is 0 Å². The fourth-order valence-electron chi connectivity index (χ4n) is 3.43. The molecule has 3 heteroatoms. The third kappa shape index (κ3) is 5.30. The van der Waals surface area contributed by atoms with Crippen molar-refractivity contribution in [2.24, 2.45) is 5.92 Å². The molecule has 2 nitrogen and oxygen atoms in total. The summed E-state index contributed by atoms with van der Waals surface area (Å²) in [6, 6.07) is 9.10. The van der Waals surface area contributed by atoms with Gasteiger partial charge in [-0.05, 0) is 36.3 Å². The topological polar surface area (TPSA) is 12.5 Å². The van der Waals surface area contributed by atoms with Gasteiger partial charge < -0.3 is 4.74 Å². The highest BCUT2D eigenvalue weighted by Gasteiger charge is 2.26. The molecule has 1 aliphatic heterocycles. The average Bonchev–Trinajstić information content (AvgIpc) is 2.44. The van der Waals surface area contributed by atoms with Crippen LogP contribution >= 0.6 is 15.9 Å². The largest absolute Gasteiger partial charge is 0.373 e. The molecule has 1 saturated heterocycles. The molecule has 0 bridgehead atoms. The van der Waals surface area contributed by atoms with Crippen molar-refractivity contribution in [3.05, 3.63) is 35.4 Å². The lowest BCUT2D eigenvalue weighted by Crippen LogP contribution is -2.47. The van der Waals surface area contributed by atoms with E-state index in [2.05, 4.69) is 86.6 Å². The van der Waals surface area contributed by atoms with Gasteiger partial charge in [-0.25, -0.2) is 0 Å². The number of hydrogen-bond acceptors (Lipinski definition) is 2. The summed E-state index contributed by atoms with van der Waals surface area (Å²) in [5.74, 6) is 0.563. The molecule has 0 radical (unpaired) electrons. The second-order valence-electron chi connectivity index (χ2n) is 8.23. The zero-order valence-corrected chi connectivity index (χ0v) is 17.1. The van der Waals surface area contributed by atoms with Gasteiger partial charge in [-0.15, -0.1) is 0 Å². The van der Waals surface area contributed by atoms with Crippen LogP contribution in [0, 0.1) is 5.92 Å². The van der Waals surface area contributed by atoms with Crippen LogP contribution in [0.4, 0.5) is 0 Å². The highest BCUT2D eigenvalue weighted by atomic mass is 79.9. The van der Waals surface area contributed by atoms with Crippen LogP contribution in [0.3, 0.4) is 0 Å². The van der Waals surface area contributed by atoms with E-state index < -0.39 is 0 Å². The number of morpholine rings is 1. The minimum absolute atomic E-state index is 0.214. The summed E-state index contributed by atoms with van der Waals surface area (Å²) in [7, 11) is 0. The molecule has 1 aromatic carbocycles. The molecule has 0 aromatic heterocycles. The second-order valence-corrected chi connectivity index (χ2v) is 9.21. The SMILES string of the molecule is CC1CN(CC(C)C(Br)c2ccc(C(C)(C)C)cc2)CC(C)O1. The Labute approximate surface area is 150 Å². The third-order valence-electron chi connectivity index (χ3n) is 4.64. The van der Waals surface area contributed by atoms with Crippen molar-refractivity contribution in [2.75, 3.05) is 19.6 Å². The highest BCUT2D eigenvalue weighted by molar-refractivity contribution is 9.09. The van der Waals surface area contributed by atoms with Crippen molar-refractivity contribution >= 4 is 15.9 Å². The summed E-state index contributed by atoms with van der Waals surface area (Å²) in [4.78, 5) is 2.94. The Kier molecular flexibility index (Phi) is 6.32. The molecule has 0 N–H and O–H groups in total. The van der Waals surface area contributed by atoms with Gasteiger partial charge in [0.1, 0.15) is 0 Å². The first kappa shape index (κ1) is 19.0. The van der Waals surface area contributed by atoms with Gasteiger partial charge in [0.25, 0.3) is 0 Å². The molecular weight excluding hydrogens is 350 g/mol. The number of rotatable bonds is 4. The summed E-state index contributed by atoms with van der Waals surface area (Å²) in [6.07, 6.45) is 0.677. The molecule has 1 aliphatic rings. The first-order valence-electron chi connectivity index (χ1n) is 8.79. The van der Waals surface area contributed by atoms with E-state index in [4.69, 9.17) is 4.74 Å². The summed E-state index contributed by atoms with van der Waals surface area (Å²) in [6.45, 7) is 16.6. The Morgan fingerprint density at radius 2 is 1.65 bits per heavy atom. The van der Waals surface area contributed by atoms with Gasteiger partial charge in [0.05, 0.1) is 12.2 Å². The van der Waals surface area contributed by atoms with Crippen LogP contribution < -0.4 is 0 Å². The predicted octanol–water partition coefficient (Wildman–Crippen LogP) is 5.17. The summed E-state index contributed by atoms with van der Waals surface area (Å²) < 4.78 is 5.83. The van der Waals surface area contributed by atoms with Crippen LogP contribution in [0.1, 0.15) is 57.5 Å². The molecule has 23 heavy (non-hydrogen) atoms. The Morgan fingerprint density at radius 3 is 2.13 bits per heavy atom. The maximum Gasteiger partial charge on any atom is 0.0678 e. The van der Waals surface area contributed by atoms with Gasteiger partial charge in [0.15, 0.2) is 0 Å². The number of nitrogens with zero attached hydrogens (tertiary/aromatic N) is 1. The Balaban J connectivity index is 1.97. The van der Waals surface area contributed by atoms with E-state index in [0.29, 0.717) is 23.0 Å². The van der Waals surface area contributed by atoms with Crippen molar-refractivity contribution in [1.82, 2.24) is 4.90 Å². The van der Waals surface area contributed by atoms with Crippen LogP contribution in [0.2, 0.25) is 0 Å². The Bertz CT molecular complexity index is 483. The quantitative estimate of drug-likeness (QED) is 0.667. The molecule has 4 atom stereocenters. The molecule has 1 heterocycles. The van der Waals surface area contributed by atoms with Crippen molar-refractivity contribution in [2.45, 2.75) is 64.0 Å². The molecule has 2 rings (SSSR count). The lowest BCUT2D eigenvalue weighted by Gasteiger charge is -2.37. The van der Waals surface area contributed by atoms with Gasteiger partial charge in [0.2, 0.25) is 0 Å². The molecule has 1 aromatic rings.